The monoisotopic (exact) mass is 348 g/mol. The van der Waals surface area contributed by atoms with Crippen LogP contribution in [0.15, 0.2) is 36.7 Å². The van der Waals surface area contributed by atoms with E-state index in [1.807, 2.05) is 0 Å². The molecule has 2 heterocycles. The highest BCUT2D eigenvalue weighted by atomic mass is 32.2. The fraction of sp³-hybridized carbons (Fsp3) is 0.308. The molecule has 0 aliphatic carbocycles. The van der Waals surface area contributed by atoms with Gasteiger partial charge in [-0.1, -0.05) is 10.7 Å². The van der Waals surface area contributed by atoms with Gasteiger partial charge in [0.15, 0.2) is 12.7 Å². The van der Waals surface area contributed by atoms with Crippen LogP contribution in [0.2, 0.25) is 0 Å². The molecule has 0 saturated carbocycles. The number of hydrogen-bond acceptors (Lipinski definition) is 5. The Hall–Kier alpha value is -2.07. The smallest absolute Gasteiger partial charge is 0.273 e. The largest absolute Gasteiger partial charge is 0.433 e. The SMILES string of the molecule is COS(=O)(=O)CC[n+]1ccc(-c2cccc(C(F)(F)F)n2)cn1. The number of rotatable bonds is 5. The van der Waals surface area contributed by atoms with Gasteiger partial charge in [-0.2, -0.15) is 21.6 Å². The van der Waals surface area contributed by atoms with Gasteiger partial charge in [-0.3, -0.25) is 4.18 Å². The molecule has 0 saturated heterocycles. The second-order valence-corrected chi connectivity index (χ2v) is 6.37. The third kappa shape index (κ3) is 4.70. The Labute approximate surface area is 130 Å². The van der Waals surface area contributed by atoms with Crippen LogP contribution in [0.5, 0.6) is 0 Å². The van der Waals surface area contributed by atoms with Crippen LogP contribution < -0.4 is 4.68 Å². The molecule has 23 heavy (non-hydrogen) atoms. The molecule has 0 amide bonds. The van der Waals surface area contributed by atoms with Crippen molar-refractivity contribution in [2.75, 3.05) is 12.9 Å². The first kappa shape index (κ1) is 17.3. The van der Waals surface area contributed by atoms with Gasteiger partial charge >= 0.3 is 6.18 Å². The van der Waals surface area contributed by atoms with E-state index >= 15 is 0 Å². The van der Waals surface area contributed by atoms with E-state index in [1.54, 1.807) is 0 Å². The molecule has 0 atom stereocenters. The maximum atomic E-state index is 12.6. The molecule has 0 radical (unpaired) electrons. The van der Waals surface area contributed by atoms with Crippen molar-refractivity contribution >= 4 is 10.1 Å². The summed E-state index contributed by atoms with van der Waals surface area (Å²) in [5, 5.41) is 3.96. The summed E-state index contributed by atoms with van der Waals surface area (Å²) in [5.74, 6) is -0.262. The topological polar surface area (TPSA) is 73.0 Å². The summed E-state index contributed by atoms with van der Waals surface area (Å²) in [7, 11) is -2.53. The minimum atomic E-state index is -4.52. The van der Waals surface area contributed by atoms with Gasteiger partial charge in [0.25, 0.3) is 10.1 Å². The normalized spacial score (nSPS) is 12.3. The van der Waals surface area contributed by atoms with Gasteiger partial charge < -0.3 is 0 Å². The summed E-state index contributed by atoms with van der Waals surface area (Å²) in [6, 6.07) is 5.09. The highest BCUT2D eigenvalue weighted by molar-refractivity contribution is 7.86. The molecule has 2 aromatic rings. The fourth-order valence-electron chi connectivity index (χ4n) is 1.71. The predicted molar refractivity (Wildman–Crippen MR) is 73.5 cm³/mol. The van der Waals surface area contributed by atoms with Crippen molar-refractivity contribution in [1.82, 2.24) is 10.1 Å². The average Bonchev–Trinajstić information content (AvgIpc) is 2.53. The van der Waals surface area contributed by atoms with Crippen molar-refractivity contribution in [2.24, 2.45) is 0 Å². The van der Waals surface area contributed by atoms with E-state index in [-0.39, 0.29) is 18.0 Å². The van der Waals surface area contributed by atoms with E-state index in [9.17, 15) is 21.6 Å². The van der Waals surface area contributed by atoms with E-state index in [0.717, 1.165) is 13.2 Å². The van der Waals surface area contributed by atoms with Crippen LogP contribution in [0.3, 0.4) is 0 Å². The van der Waals surface area contributed by atoms with Crippen LogP contribution in [-0.4, -0.2) is 31.4 Å². The molecule has 2 rings (SSSR count). The third-order valence-electron chi connectivity index (χ3n) is 2.93. The number of alkyl halides is 3. The van der Waals surface area contributed by atoms with Crippen LogP contribution in [0.1, 0.15) is 5.69 Å². The summed E-state index contributed by atoms with van der Waals surface area (Å²) in [6.07, 6.45) is -1.74. The number of pyridine rings is 1. The minimum Gasteiger partial charge on any atom is -0.273 e. The zero-order valence-corrected chi connectivity index (χ0v) is 12.8. The predicted octanol–water partition coefficient (Wildman–Crippen LogP) is 1.43. The van der Waals surface area contributed by atoms with Crippen molar-refractivity contribution in [3.8, 4) is 11.3 Å². The second kappa shape index (κ2) is 6.59. The Bertz CT molecular complexity index is 777. The molecular weight excluding hydrogens is 335 g/mol. The number of nitrogens with zero attached hydrogens (tertiary/aromatic N) is 3. The number of halogens is 3. The first-order valence-corrected chi connectivity index (χ1v) is 7.98. The molecule has 2 aromatic heterocycles. The average molecular weight is 348 g/mol. The Balaban J connectivity index is 2.17. The maximum Gasteiger partial charge on any atom is 0.433 e. The third-order valence-corrected chi connectivity index (χ3v) is 4.12. The van der Waals surface area contributed by atoms with Crippen molar-refractivity contribution in [1.29, 1.82) is 0 Å². The van der Waals surface area contributed by atoms with Gasteiger partial charge in [-0.15, -0.1) is 0 Å². The number of hydrogen-bond donors (Lipinski definition) is 0. The van der Waals surface area contributed by atoms with Gasteiger partial charge in [-0.05, 0) is 17.2 Å². The minimum absolute atomic E-state index is 0.0620. The van der Waals surface area contributed by atoms with Crippen LogP contribution in [0.4, 0.5) is 13.2 Å². The molecule has 0 aliphatic rings. The summed E-state index contributed by atoms with van der Waals surface area (Å²) in [6.45, 7) is 0.0620. The van der Waals surface area contributed by atoms with E-state index in [0.29, 0.717) is 5.56 Å². The quantitative estimate of drug-likeness (QED) is 0.604. The summed E-state index contributed by atoms with van der Waals surface area (Å²) in [4.78, 5) is 3.55. The molecule has 0 spiro atoms. The Morgan fingerprint density at radius 1 is 1.26 bits per heavy atom. The maximum absolute atomic E-state index is 12.6. The molecule has 124 valence electrons. The van der Waals surface area contributed by atoms with Crippen molar-refractivity contribution in [3.63, 3.8) is 0 Å². The Morgan fingerprint density at radius 3 is 2.57 bits per heavy atom. The zero-order valence-electron chi connectivity index (χ0n) is 12.0. The molecule has 0 aromatic carbocycles. The van der Waals surface area contributed by atoms with E-state index < -0.39 is 22.0 Å². The lowest BCUT2D eigenvalue weighted by Gasteiger charge is -2.07. The molecule has 0 fully saturated rings. The molecule has 0 N–H and O–H groups in total. The van der Waals surface area contributed by atoms with Crippen molar-refractivity contribution in [2.45, 2.75) is 12.7 Å². The Kier molecular flexibility index (Phi) is 4.95. The van der Waals surface area contributed by atoms with Gasteiger partial charge in [0, 0.05) is 11.6 Å². The highest BCUT2D eigenvalue weighted by Gasteiger charge is 2.32. The van der Waals surface area contributed by atoms with Crippen molar-refractivity contribution < 1.29 is 30.5 Å². The van der Waals surface area contributed by atoms with Gasteiger partial charge in [0.05, 0.1) is 12.8 Å². The summed E-state index contributed by atoms with van der Waals surface area (Å²) < 4.78 is 66.0. The summed E-state index contributed by atoms with van der Waals surface area (Å²) >= 11 is 0. The first-order chi connectivity index (χ1) is 10.7. The Morgan fingerprint density at radius 2 is 2.00 bits per heavy atom. The van der Waals surface area contributed by atoms with Gasteiger partial charge in [-0.25, -0.2) is 4.98 Å². The van der Waals surface area contributed by atoms with Gasteiger partial charge in [0.2, 0.25) is 0 Å². The lowest BCUT2D eigenvalue weighted by Crippen LogP contribution is -2.40. The molecule has 0 bridgehead atoms. The van der Waals surface area contributed by atoms with Gasteiger partial charge in [0.1, 0.15) is 17.6 Å². The molecule has 10 heteroatoms. The highest BCUT2D eigenvalue weighted by Crippen LogP contribution is 2.29. The number of aromatic nitrogens is 3. The zero-order chi connectivity index (χ0) is 17.1. The van der Waals surface area contributed by atoms with Crippen LogP contribution >= 0.6 is 0 Å². The van der Waals surface area contributed by atoms with E-state index in [1.165, 1.54) is 35.3 Å². The van der Waals surface area contributed by atoms with Crippen LogP contribution in [0.25, 0.3) is 11.3 Å². The molecule has 0 aliphatic heterocycles. The molecular formula is C13H13F3N3O3S+. The standard InChI is InChI=1S/C13H13F3N3O3S/c1-22-23(20,21)8-7-19-6-5-10(9-17-19)11-3-2-4-12(18-11)13(14,15)16/h2-6,9H,7-8H2,1H3/q+1. The lowest BCUT2D eigenvalue weighted by molar-refractivity contribution is -0.750. The van der Waals surface area contributed by atoms with Crippen LogP contribution in [0, 0.1) is 0 Å². The number of aryl methyl sites for hydroxylation is 1. The van der Waals surface area contributed by atoms with Crippen molar-refractivity contribution in [3.05, 3.63) is 42.4 Å². The molecule has 6 nitrogen and oxygen atoms in total. The summed E-state index contributed by atoms with van der Waals surface area (Å²) in [5.41, 5.74) is -0.469. The lowest BCUT2D eigenvalue weighted by atomic mass is 10.2. The molecule has 0 unspecified atom stereocenters. The van der Waals surface area contributed by atoms with Crippen LogP contribution in [-0.2, 0) is 27.0 Å². The van der Waals surface area contributed by atoms with E-state index in [4.69, 9.17) is 0 Å². The second-order valence-electron chi connectivity index (χ2n) is 4.51. The fourth-order valence-corrected chi connectivity index (χ4v) is 2.29. The van der Waals surface area contributed by atoms with E-state index in [2.05, 4.69) is 14.3 Å². The first-order valence-electron chi connectivity index (χ1n) is 6.40.